The summed E-state index contributed by atoms with van der Waals surface area (Å²) >= 11 is 1.35. The summed E-state index contributed by atoms with van der Waals surface area (Å²) in [5.74, 6) is -0.253. The lowest BCUT2D eigenvalue weighted by atomic mass is 10.2. The van der Waals surface area contributed by atoms with Crippen LogP contribution in [0.5, 0.6) is 0 Å². The van der Waals surface area contributed by atoms with E-state index in [1.54, 1.807) is 17.9 Å². The van der Waals surface area contributed by atoms with E-state index < -0.39 is 11.5 Å². The van der Waals surface area contributed by atoms with Gasteiger partial charge in [0.2, 0.25) is 5.76 Å². The first-order chi connectivity index (χ1) is 11.7. The Morgan fingerprint density at radius 3 is 2.80 bits per heavy atom. The van der Waals surface area contributed by atoms with Gasteiger partial charge in [-0.2, -0.15) is 0 Å². The van der Waals surface area contributed by atoms with Crippen LogP contribution in [0.3, 0.4) is 0 Å². The predicted molar refractivity (Wildman–Crippen MR) is 91.7 cm³/mol. The van der Waals surface area contributed by atoms with Crippen molar-refractivity contribution in [2.45, 2.75) is 46.3 Å². The van der Waals surface area contributed by atoms with Gasteiger partial charge in [-0.3, -0.25) is 10.1 Å². The molecule has 2 amide bonds. The number of hydrogen-bond acceptors (Lipinski definition) is 7. The molecule has 0 spiro atoms. The summed E-state index contributed by atoms with van der Waals surface area (Å²) in [5, 5.41) is 6.88. The number of nitrogens with zero attached hydrogens (tertiary/aromatic N) is 3. The molecule has 2 aromatic rings. The Morgan fingerprint density at radius 2 is 2.16 bits per heavy atom. The molecule has 0 atom stereocenters. The van der Waals surface area contributed by atoms with Crippen LogP contribution < -0.4 is 5.32 Å². The summed E-state index contributed by atoms with van der Waals surface area (Å²) in [6.45, 7) is 8.23. The molecule has 3 heterocycles. The number of anilines is 1. The lowest BCUT2D eigenvalue weighted by molar-refractivity contribution is 0.0225. The highest BCUT2D eigenvalue weighted by Gasteiger charge is 2.28. The number of nitrogens with one attached hydrogen (secondary N) is 1. The number of carbonyl (C=O) groups excluding carboxylic acids is 2. The van der Waals surface area contributed by atoms with Crippen molar-refractivity contribution < 1.29 is 18.8 Å². The SMILES string of the molecule is Cc1cc(C(=O)Nc2nc3c(s2)CN(C(=O)OC(C)(C)C)CC3)on1. The first kappa shape index (κ1) is 17.4. The maximum atomic E-state index is 12.2. The molecule has 0 radical (unpaired) electrons. The van der Waals surface area contributed by atoms with Gasteiger partial charge in [-0.1, -0.05) is 16.5 Å². The van der Waals surface area contributed by atoms with Crippen LogP contribution >= 0.6 is 11.3 Å². The van der Waals surface area contributed by atoms with Crippen molar-refractivity contribution in [3.63, 3.8) is 0 Å². The second-order valence-corrected chi connectivity index (χ2v) is 7.91. The molecule has 9 heteroatoms. The summed E-state index contributed by atoms with van der Waals surface area (Å²) < 4.78 is 10.3. The van der Waals surface area contributed by atoms with E-state index in [0.717, 1.165) is 10.6 Å². The van der Waals surface area contributed by atoms with E-state index in [1.165, 1.54) is 11.3 Å². The molecule has 1 N–H and O–H groups in total. The number of fused-ring (bicyclic) bond motifs is 1. The highest BCUT2D eigenvalue weighted by Crippen LogP contribution is 2.29. The number of aromatic nitrogens is 2. The van der Waals surface area contributed by atoms with Crippen LogP contribution in [-0.4, -0.2) is 39.2 Å². The Hall–Kier alpha value is -2.42. The Morgan fingerprint density at radius 1 is 1.40 bits per heavy atom. The quantitative estimate of drug-likeness (QED) is 0.880. The molecule has 1 aliphatic heterocycles. The zero-order valence-corrected chi connectivity index (χ0v) is 15.4. The van der Waals surface area contributed by atoms with Gasteiger partial charge < -0.3 is 14.2 Å². The van der Waals surface area contributed by atoms with Crippen LogP contribution in [0.1, 0.15) is 47.6 Å². The molecule has 2 aromatic heterocycles. The van der Waals surface area contributed by atoms with Crippen LogP contribution in [-0.2, 0) is 17.7 Å². The zero-order valence-electron chi connectivity index (χ0n) is 14.6. The lowest BCUT2D eigenvalue weighted by Crippen LogP contribution is -2.39. The molecule has 134 valence electrons. The van der Waals surface area contributed by atoms with Crippen molar-refractivity contribution in [3.05, 3.63) is 28.1 Å². The van der Waals surface area contributed by atoms with Gasteiger partial charge in [-0.25, -0.2) is 9.78 Å². The number of rotatable bonds is 2. The van der Waals surface area contributed by atoms with Gasteiger partial charge >= 0.3 is 6.09 Å². The van der Waals surface area contributed by atoms with Gasteiger partial charge in [-0.05, 0) is 27.7 Å². The Balaban J connectivity index is 1.66. The van der Waals surface area contributed by atoms with Gasteiger partial charge in [0.05, 0.1) is 17.9 Å². The van der Waals surface area contributed by atoms with Crippen molar-refractivity contribution >= 4 is 28.5 Å². The smallest absolute Gasteiger partial charge is 0.410 e. The molecule has 0 aliphatic carbocycles. The number of carbonyl (C=O) groups is 2. The topological polar surface area (TPSA) is 97.6 Å². The Bertz CT molecular complexity index is 805. The van der Waals surface area contributed by atoms with Gasteiger partial charge in [0.1, 0.15) is 5.60 Å². The molecule has 8 nitrogen and oxygen atoms in total. The summed E-state index contributed by atoms with van der Waals surface area (Å²) in [7, 11) is 0. The molecule has 0 bridgehead atoms. The van der Waals surface area contributed by atoms with Crippen molar-refractivity contribution in [1.29, 1.82) is 0 Å². The fraction of sp³-hybridized carbons (Fsp3) is 0.500. The minimum atomic E-state index is -0.528. The van der Waals surface area contributed by atoms with Crippen molar-refractivity contribution in [1.82, 2.24) is 15.0 Å². The maximum Gasteiger partial charge on any atom is 0.410 e. The largest absolute Gasteiger partial charge is 0.444 e. The molecule has 0 fully saturated rings. The lowest BCUT2D eigenvalue weighted by Gasteiger charge is -2.29. The van der Waals surface area contributed by atoms with Crippen molar-refractivity contribution in [3.8, 4) is 0 Å². The van der Waals surface area contributed by atoms with Gasteiger partial charge in [0, 0.05) is 23.9 Å². The zero-order chi connectivity index (χ0) is 18.2. The van der Waals surface area contributed by atoms with E-state index in [2.05, 4.69) is 15.5 Å². The molecular formula is C16H20N4O4S. The number of ether oxygens (including phenoxy) is 1. The monoisotopic (exact) mass is 364 g/mol. The highest BCUT2D eigenvalue weighted by molar-refractivity contribution is 7.15. The molecule has 1 aliphatic rings. The number of amides is 2. The number of aryl methyl sites for hydroxylation is 1. The molecule has 0 saturated carbocycles. The first-order valence-corrected chi connectivity index (χ1v) is 8.74. The summed E-state index contributed by atoms with van der Waals surface area (Å²) in [5.41, 5.74) is 1.00. The van der Waals surface area contributed by atoms with Gasteiger partial charge in [0.25, 0.3) is 5.91 Å². The maximum absolute atomic E-state index is 12.2. The van der Waals surface area contributed by atoms with Gasteiger partial charge in [-0.15, -0.1) is 0 Å². The van der Waals surface area contributed by atoms with Gasteiger partial charge in [0.15, 0.2) is 5.13 Å². The summed E-state index contributed by atoms with van der Waals surface area (Å²) in [6, 6.07) is 1.56. The third-order valence-electron chi connectivity index (χ3n) is 3.46. The second kappa shape index (κ2) is 6.47. The molecule has 25 heavy (non-hydrogen) atoms. The van der Waals surface area contributed by atoms with E-state index in [4.69, 9.17) is 9.26 Å². The summed E-state index contributed by atoms with van der Waals surface area (Å²) in [4.78, 5) is 31.3. The Kier molecular flexibility index (Phi) is 4.51. The van der Waals surface area contributed by atoms with E-state index in [1.807, 2.05) is 20.8 Å². The molecule has 3 rings (SSSR count). The normalized spacial score (nSPS) is 14.2. The van der Waals surface area contributed by atoms with E-state index in [-0.39, 0.29) is 11.9 Å². The van der Waals surface area contributed by atoms with Crippen LogP contribution in [0.4, 0.5) is 9.93 Å². The molecule has 0 unspecified atom stereocenters. The predicted octanol–water partition coefficient (Wildman–Crippen LogP) is 2.99. The fourth-order valence-corrected chi connectivity index (χ4v) is 3.38. The van der Waals surface area contributed by atoms with Crippen molar-refractivity contribution in [2.24, 2.45) is 0 Å². The number of hydrogen-bond donors (Lipinski definition) is 1. The first-order valence-electron chi connectivity index (χ1n) is 7.92. The fourth-order valence-electron chi connectivity index (χ4n) is 2.36. The molecular weight excluding hydrogens is 344 g/mol. The molecule has 0 saturated heterocycles. The van der Waals surface area contributed by atoms with Crippen LogP contribution in [0, 0.1) is 6.92 Å². The average molecular weight is 364 g/mol. The van der Waals surface area contributed by atoms with Crippen molar-refractivity contribution in [2.75, 3.05) is 11.9 Å². The minimum absolute atomic E-state index is 0.140. The van der Waals surface area contributed by atoms with Crippen LogP contribution in [0.15, 0.2) is 10.6 Å². The van der Waals surface area contributed by atoms with Crippen LogP contribution in [0.2, 0.25) is 0 Å². The standard InChI is InChI=1S/C16H20N4O4S/c1-9-7-11(24-19-9)13(21)18-14-17-10-5-6-20(8-12(10)25-14)15(22)23-16(2,3)4/h7H,5-6,8H2,1-4H3,(H,17,18,21). The number of thiazole rings is 1. The average Bonchev–Trinajstić information content (AvgIpc) is 3.10. The highest BCUT2D eigenvalue weighted by atomic mass is 32.1. The van der Waals surface area contributed by atoms with E-state index in [0.29, 0.717) is 30.3 Å². The van der Waals surface area contributed by atoms with Crippen LogP contribution in [0.25, 0.3) is 0 Å². The second-order valence-electron chi connectivity index (χ2n) is 6.83. The third kappa shape index (κ3) is 4.16. The molecule has 0 aromatic carbocycles. The summed E-state index contributed by atoms with van der Waals surface area (Å²) in [6.07, 6.45) is 0.289. The Labute approximate surface area is 149 Å². The minimum Gasteiger partial charge on any atom is -0.444 e. The van der Waals surface area contributed by atoms with E-state index in [9.17, 15) is 9.59 Å². The third-order valence-corrected chi connectivity index (χ3v) is 4.45. The van der Waals surface area contributed by atoms with E-state index >= 15 is 0 Å².